The average molecular weight is 319 g/mol. The van der Waals surface area contributed by atoms with Gasteiger partial charge in [0.1, 0.15) is 5.82 Å². The lowest BCUT2D eigenvalue weighted by atomic mass is 10.1. The Hall–Kier alpha value is -2.43. The maximum absolute atomic E-state index is 13.4. The monoisotopic (exact) mass is 319 g/mol. The van der Waals surface area contributed by atoms with E-state index in [-0.39, 0.29) is 18.3 Å². The van der Waals surface area contributed by atoms with E-state index in [1.807, 2.05) is 24.3 Å². The van der Waals surface area contributed by atoms with Crippen LogP contribution in [0.1, 0.15) is 18.1 Å². The molecule has 23 heavy (non-hydrogen) atoms. The van der Waals surface area contributed by atoms with Gasteiger partial charge in [0.05, 0.1) is 0 Å². The summed E-state index contributed by atoms with van der Waals surface area (Å²) in [6.07, 6.45) is 0.964. The summed E-state index contributed by atoms with van der Waals surface area (Å²) >= 11 is 0. The van der Waals surface area contributed by atoms with Gasteiger partial charge in [0.15, 0.2) is 18.2 Å². The molecular weight excluding hydrogens is 300 g/mol. The van der Waals surface area contributed by atoms with Crippen LogP contribution in [0.2, 0.25) is 0 Å². The van der Waals surface area contributed by atoms with E-state index >= 15 is 0 Å². The van der Waals surface area contributed by atoms with E-state index in [2.05, 4.69) is 6.92 Å². The predicted molar refractivity (Wildman–Crippen MR) is 84.1 cm³/mol. The minimum atomic E-state index is -0.824. The van der Waals surface area contributed by atoms with E-state index in [9.17, 15) is 13.6 Å². The number of benzene rings is 2. The quantitative estimate of drug-likeness (QED) is 0.815. The number of carbonyl (C=O) groups excluding carboxylic acids is 1. The molecule has 0 heterocycles. The van der Waals surface area contributed by atoms with Gasteiger partial charge in [-0.15, -0.1) is 0 Å². The number of halogens is 2. The molecule has 0 radical (unpaired) electrons. The van der Waals surface area contributed by atoms with Crippen LogP contribution in [0.15, 0.2) is 42.5 Å². The van der Waals surface area contributed by atoms with Gasteiger partial charge in [-0.3, -0.25) is 4.79 Å². The summed E-state index contributed by atoms with van der Waals surface area (Å²) in [6, 6.07) is 11.0. The zero-order valence-electron chi connectivity index (χ0n) is 13.2. The van der Waals surface area contributed by atoms with Crippen molar-refractivity contribution in [1.29, 1.82) is 0 Å². The SMILES string of the molecule is CCc1ccc(CN(C)C(=O)COc2ccc(F)cc2F)cc1. The molecule has 0 aliphatic carbocycles. The van der Waals surface area contributed by atoms with Gasteiger partial charge >= 0.3 is 0 Å². The van der Waals surface area contributed by atoms with Crippen molar-refractivity contribution in [3.05, 3.63) is 65.2 Å². The van der Waals surface area contributed by atoms with Gasteiger partial charge in [-0.05, 0) is 29.7 Å². The lowest BCUT2D eigenvalue weighted by molar-refractivity contribution is -0.132. The van der Waals surface area contributed by atoms with Crippen molar-refractivity contribution in [2.75, 3.05) is 13.7 Å². The Morgan fingerprint density at radius 2 is 1.74 bits per heavy atom. The van der Waals surface area contributed by atoms with Gasteiger partial charge in [-0.1, -0.05) is 31.2 Å². The molecule has 0 bridgehead atoms. The molecule has 0 spiro atoms. The molecule has 2 aromatic rings. The molecule has 0 aliphatic heterocycles. The van der Waals surface area contributed by atoms with Crippen molar-refractivity contribution in [2.24, 2.45) is 0 Å². The topological polar surface area (TPSA) is 29.5 Å². The molecule has 0 aromatic heterocycles. The third-order valence-electron chi connectivity index (χ3n) is 3.52. The molecule has 122 valence electrons. The highest BCUT2D eigenvalue weighted by molar-refractivity contribution is 5.77. The van der Waals surface area contributed by atoms with Crippen LogP contribution < -0.4 is 4.74 Å². The summed E-state index contributed by atoms with van der Waals surface area (Å²) in [5.74, 6) is -1.93. The number of nitrogens with zero attached hydrogens (tertiary/aromatic N) is 1. The van der Waals surface area contributed by atoms with Gasteiger partial charge in [0.25, 0.3) is 5.91 Å². The minimum Gasteiger partial charge on any atom is -0.481 e. The second kappa shape index (κ2) is 7.72. The third-order valence-corrected chi connectivity index (χ3v) is 3.52. The number of hydrogen-bond acceptors (Lipinski definition) is 2. The van der Waals surface area contributed by atoms with Gasteiger partial charge in [0, 0.05) is 19.7 Å². The molecule has 2 rings (SSSR count). The number of likely N-dealkylation sites (N-methyl/N-ethyl adjacent to an activating group) is 1. The molecule has 0 aliphatic rings. The van der Waals surface area contributed by atoms with Crippen LogP contribution in [0.3, 0.4) is 0 Å². The zero-order chi connectivity index (χ0) is 16.8. The Labute approximate surface area is 134 Å². The van der Waals surface area contributed by atoms with E-state index in [0.29, 0.717) is 6.54 Å². The average Bonchev–Trinajstić information content (AvgIpc) is 2.54. The Morgan fingerprint density at radius 1 is 1.09 bits per heavy atom. The molecule has 0 unspecified atom stereocenters. The lowest BCUT2D eigenvalue weighted by Crippen LogP contribution is -2.31. The van der Waals surface area contributed by atoms with Crippen molar-refractivity contribution in [3.8, 4) is 5.75 Å². The first-order valence-electron chi connectivity index (χ1n) is 7.39. The van der Waals surface area contributed by atoms with Crippen LogP contribution in [0.5, 0.6) is 5.75 Å². The number of hydrogen-bond donors (Lipinski definition) is 0. The first kappa shape index (κ1) is 16.9. The summed E-state index contributed by atoms with van der Waals surface area (Å²) in [5, 5.41) is 0. The molecule has 3 nitrogen and oxygen atoms in total. The normalized spacial score (nSPS) is 10.4. The van der Waals surface area contributed by atoms with Crippen molar-refractivity contribution in [3.63, 3.8) is 0 Å². The number of amides is 1. The molecule has 0 fully saturated rings. The molecule has 0 atom stereocenters. The predicted octanol–water partition coefficient (Wildman–Crippen LogP) is 3.56. The van der Waals surface area contributed by atoms with Crippen LogP contribution in [0, 0.1) is 11.6 Å². The first-order valence-corrected chi connectivity index (χ1v) is 7.39. The Kier molecular flexibility index (Phi) is 5.68. The third kappa shape index (κ3) is 4.77. The largest absolute Gasteiger partial charge is 0.481 e. The summed E-state index contributed by atoms with van der Waals surface area (Å²) in [6.45, 7) is 2.22. The van der Waals surface area contributed by atoms with E-state index < -0.39 is 11.6 Å². The van der Waals surface area contributed by atoms with E-state index in [4.69, 9.17) is 4.74 Å². The Balaban J connectivity index is 1.89. The molecule has 0 saturated heterocycles. The smallest absolute Gasteiger partial charge is 0.260 e. The molecule has 2 aromatic carbocycles. The van der Waals surface area contributed by atoms with Gasteiger partial charge in [0.2, 0.25) is 0 Å². The van der Waals surface area contributed by atoms with Crippen LogP contribution in [0.25, 0.3) is 0 Å². The number of aryl methyl sites for hydroxylation is 1. The van der Waals surface area contributed by atoms with Crippen LogP contribution in [-0.4, -0.2) is 24.5 Å². The van der Waals surface area contributed by atoms with Crippen molar-refractivity contribution in [1.82, 2.24) is 4.90 Å². The second-order valence-electron chi connectivity index (χ2n) is 5.28. The molecular formula is C18H19F2NO2. The summed E-state index contributed by atoms with van der Waals surface area (Å²) < 4.78 is 31.3. The zero-order valence-corrected chi connectivity index (χ0v) is 13.2. The van der Waals surface area contributed by atoms with Crippen molar-refractivity contribution < 1.29 is 18.3 Å². The van der Waals surface area contributed by atoms with E-state index in [0.717, 1.165) is 24.1 Å². The summed E-state index contributed by atoms with van der Waals surface area (Å²) in [5.41, 5.74) is 2.24. The van der Waals surface area contributed by atoms with E-state index in [1.165, 1.54) is 16.5 Å². The van der Waals surface area contributed by atoms with Crippen LogP contribution in [-0.2, 0) is 17.8 Å². The fourth-order valence-corrected chi connectivity index (χ4v) is 2.08. The Morgan fingerprint density at radius 3 is 2.35 bits per heavy atom. The van der Waals surface area contributed by atoms with Crippen LogP contribution >= 0.6 is 0 Å². The lowest BCUT2D eigenvalue weighted by Gasteiger charge is -2.18. The maximum atomic E-state index is 13.4. The van der Waals surface area contributed by atoms with Gasteiger partial charge in [-0.25, -0.2) is 8.78 Å². The minimum absolute atomic E-state index is 0.138. The van der Waals surface area contributed by atoms with E-state index in [1.54, 1.807) is 7.05 Å². The highest BCUT2D eigenvalue weighted by Gasteiger charge is 2.12. The molecule has 0 saturated carbocycles. The van der Waals surface area contributed by atoms with Crippen LogP contribution in [0.4, 0.5) is 8.78 Å². The highest BCUT2D eigenvalue weighted by atomic mass is 19.1. The number of ether oxygens (including phenoxy) is 1. The molecule has 1 amide bonds. The fraction of sp³-hybridized carbons (Fsp3) is 0.278. The van der Waals surface area contributed by atoms with Crippen molar-refractivity contribution >= 4 is 5.91 Å². The second-order valence-corrected chi connectivity index (χ2v) is 5.28. The molecule has 5 heteroatoms. The summed E-state index contributed by atoms with van der Waals surface area (Å²) in [4.78, 5) is 13.5. The first-order chi connectivity index (χ1) is 11.0. The Bertz CT molecular complexity index is 671. The summed E-state index contributed by atoms with van der Waals surface area (Å²) in [7, 11) is 1.65. The standard InChI is InChI=1S/C18H19F2NO2/c1-3-13-4-6-14(7-5-13)11-21(2)18(22)12-23-17-9-8-15(19)10-16(17)20/h4-10H,3,11-12H2,1-2H3. The molecule has 0 N–H and O–H groups in total. The fourth-order valence-electron chi connectivity index (χ4n) is 2.08. The van der Waals surface area contributed by atoms with Gasteiger partial charge < -0.3 is 9.64 Å². The number of rotatable bonds is 6. The maximum Gasteiger partial charge on any atom is 0.260 e. The van der Waals surface area contributed by atoms with Crippen molar-refractivity contribution in [2.45, 2.75) is 19.9 Å². The highest BCUT2D eigenvalue weighted by Crippen LogP contribution is 2.17. The number of carbonyl (C=O) groups is 1. The van der Waals surface area contributed by atoms with Gasteiger partial charge in [-0.2, -0.15) is 0 Å².